The Morgan fingerprint density at radius 2 is 1.84 bits per heavy atom. The van der Waals surface area contributed by atoms with Crippen molar-refractivity contribution >= 4 is 63.2 Å². The van der Waals surface area contributed by atoms with E-state index in [2.05, 4.69) is 32.9 Å². The van der Waals surface area contributed by atoms with Crippen molar-refractivity contribution in [3.05, 3.63) is 62.8 Å². The summed E-state index contributed by atoms with van der Waals surface area (Å²) in [6.07, 6.45) is 4.82. The molecule has 25 heavy (non-hydrogen) atoms. The molecule has 0 saturated carbocycles. The number of nitrogens with one attached hydrogen (secondary N) is 1. The van der Waals surface area contributed by atoms with Crippen molar-refractivity contribution < 1.29 is 14.4 Å². The smallest absolute Gasteiger partial charge is 0.294 e. The van der Waals surface area contributed by atoms with Gasteiger partial charge in [0.05, 0.1) is 4.91 Å². The molecule has 2 aromatic rings. The van der Waals surface area contributed by atoms with Crippen molar-refractivity contribution in [2.45, 2.75) is 0 Å². The van der Waals surface area contributed by atoms with Gasteiger partial charge in [0.25, 0.3) is 11.1 Å². The lowest BCUT2D eigenvalue weighted by molar-refractivity contribution is -0.127. The average Bonchev–Trinajstić information content (AvgIpc) is 2.85. The third-order valence-electron chi connectivity index (χ3n) is 3.31. The number of anilines is 1. The van der Waals surface area contributed by atoms with Crippen LogP contribution in [0.1, 0.15) is 5.56 Å². The van der Waals surface area contributed by atoms with E-state index < -0.39 is 17.1 Å². The highest BCUT2D eigenvalue weighted by molar-refractivity contribution is 14.1. The molecular weight excluding hydrogens is 453 g/mol. The van der Waals surface area contributed by atoms with Gasteiger partial charge in [-0.15, -0.1) is 0 Å². The van der Waals surface area contributed by atoms with Crippen molar-refractivity contribution in [1.29, 1.82) is 0 Å². The van der Waals surface area contributed by atoms with Gasteiger partial charge in [-0.2, -0.15) is 0 Å². The average molecular weight is 465 g/mol. The molecule has 1 aliphatic rings. The first kappa shape index (κ1) is 17.6. The van der Waals surface area contributed by atoms with Gasteiger partial charge in [-0.1, -0.05) is 0 Å². The highest BCUT2D eigenvalue weighted by atomic mass is 127. The molecule has 0 radical (unpaired) electrons. The molecule has 0 aliphatic carbocycles. The van der Waals surface area contributed by atoms with Crippen LogP contribution in [-0.2, 0) is 9.59 Å². The van der Waals surface area contributed by atoms with Gasteiger partial charge in [0.1, 0.15) is 6.54 Å². The predicted molar refractivity (Wildman–Crippen MR) is 105 cm³/mol. The molecule has 1 aromatic carbocycles. The number of thioether (sulfide) groups is 1. The molecule has 3 rings (SSSR count). The SMILES string of the molecule is O=C(CN1C(=O)S/C(=C/c2ccncc2)C1=O)Nc1ccc(I)cc1. The Morgan fingerprint density at radius 1 is 1.16 bits per heavy atom. The summed E-state index contributed by atoms with van der Waals surface area (Å²) in [4.78, 5) is 41.7. The molecule has 3 amide bonds. The monoisotopic (exact) mass is 465 g/mol. The molecule has 0 atom stereocenters. The quantitative estimate of drug-likeness (QED) is 0.554. The number of amides is 3. The fraction of sp³-hybridized carbons (Fsp3) is 0.0588. The van der Waals surface area contributed by atoms with E-state index in [0.29, 0.717) is 10.6 Å². The standard InChI is InChI=1S/C17H12IN3O3S/c18-12-1-3-13(4-2-12)20-15(22)10-21-16(23)14(25-17(21)24)9-11-5-7-19-8-6-11/h1-9H,10H2,(H,20,22)/b14-9+. The fourth-order valence-corrected chi connectivity index (χ4v) is 3.32. The molecule has 126 valence electrons. The molecule has 0 unspecified atom stereocenters. The Hall–Kier alpha value is -2.20. The van der Waals surface area contributed by atoms with E-state index in [9.17, 15) is 14.4 Å². The Labute approximate surface area is 161 Å². The Bertz CT molecular complexity index is 853. The zero-order chi connectivity index (χ0) is 17.8. The number of imide groups is 1. The van der Waals surface area contributed by atoms with Gasteiger partial charge in [-0.3, -0.25) is 24.3 Å². The summed E-state index contributed by atoms with van der Waals surface area (Å²) < 4.78 is 1.04. The van der Waals surface area contributed by atoms with Gasteiger partial charge in [-0.25, -0.2) is 0 Å². The maximum Gasteiger partial charge on any atom is 0.294 e. The van der Waals surface area contributed by atoms with E-state index in [0.717, 1.165) is 25.8 Å². The molecule has 0 spiro atoms. The molecule has 0 bridgehead atoms. The van der Waals surface area contributed by atoms with Crippen LogP contribution < -0.4 is 5.32 Å². The van der Waals surface area contributed by atoms with Gasteiger partial charge < -0.3 is 5.32 Å². The molecule has 1 saturated heterocycles. The van der Waals surface area contributed by atoms with E-state index in [-0.39, 0.29) is 6.54 Å². The van der Waals surface area contributed by atoms with E-state index in [1.54, 1.807) is 42.7 Å². The van der Waals surface area contributed by atoms with Gasteiger partial charge in [0, 0.05) is 21.7 Å². The number of pyridine rings is 1. The van der Waals surface area contributed by atoms with E-state index in [1.165, 1.54) is 0 Å². The van der Waals surface area contributed by atoms with Gasteiger partial charge in [-0.05, 0) is 82.4 Å². The Balaban J connectivity index is 1.67. The third kappa shape index (κ3) is 4.45. The largest absolute Gasteiger partial charge is 0.325 e. The lowest BCUT2D eigenvalue weighted by Crippen LogP contribution is -2.36. The maximum atomic E-state index is 12.4. The second kappa shape index (κ2) is 7.79. The first-order chi connectivity index (χ1) is 12.0. The first-order valence-electron chi connectivity index (χ1n) is 7.24. The predicted octanol–water partition coefficient (Wildman–Crippen LogP) is 3.36. The van der Waals surface area contributed by atoms with Crippen LogP contribution in [-0.4, -0.2) is 33.5 Å². The highest BCUT2D eigenvalue weighted by Crippen LogP contribution is 2.31. The van der Waals surface area contributed by atoms with Gasteiger partial charge >= 0.3 is 0 Å². The Kier molecular flexibility index (Phi) is 5.49. The minimum atomic E-state index is -0.468. The normalized spacial score (nSPS) is 15.7. The van der Waals surface area contributed by atoms with Crippen LogP contribution in [0.25, 0.3) is 6.08 Å². The summed E-state index contributed by atoms with van der Waals surface area (Å²) in [5, 5.41) is 2.22. The minimum absolute atomic E-state index is 0.290. The number of nitrogens with zero attached hydrogens (tertiary/aromatic N) is 2. The summed E-state index contributed by atoms with van der Waals surface area (Å²) in [5.41, 5.74) is 1.38. The van der Waals surface area contributed by atoms with Crippen molar-refractivity contribution in [2.75, 3.05) is 11.9 Å². The summed E-state index contributed by atoms with van der Waals surface area (Å²) in [6, 6.07) is 10.7. The van der Waals surface area contributed by atoms with Crippen molar-refractivity contribution in [3.63, 3.8) is 0 Å². The molecule has 6 nitrogen and oxygen atoms in total. The number of benzene rings is 1. The molecule has 2 heterocycles. The van der Waals surface area contributed by atoms with E-state index in [1.807, 2.05) is 12.1 Å². The zero-order valence-electron chi connectivity index (χ0n) is 12.8. The zero-order valence-corrected chi connectivity index (χ0v) is 15.8. The number of aromatic nitrogens is 1. The summed E-state index contributed by atoms with van der Waals surface area (Å²) in [5.74, 6) is -0.891. The van der Waals surface area contributed by atoms with Crippen LogP contribution in [0.15, 0.2) is 53.7 Å². The molecule has 1 aromatic heterocycles. The third-order valence-corrected chi connectivity index (χ3v) is 4.93. The molecule has 1 N–H and O–H groups in total. The molecular formula is C17H12IN3O3S. The van der Waals surface area contributed by atoms with Gasteiger partial charge in [0.15, 0.2) is 0 Å². The van der Waals surface area contributed by atoms with Crippen molar-refractivity contribution in [2.24, 2.45) is 0 Å². The fourth-order valence-electron chi connectivity index (χ4n) is 2.12. The van der Waals surface area contributed by atoms with Crippen LogP contribution in [0.5, 0.6) is 0 Å². The first-order valence-corrected chi connectivity index (χ1v) is 9.13. The van der Waals surface area contributed by atoms with E-state index >= 15 is 0 Å². The van der Waals surface area contributed by atoms with Crippen molar-refractivity contribution in [3.8, 4) is 0 Å². The van der Waals surface area contributed by atoms with Crippen LogP contribution in [0.2, 0.25) is 0 Å². The number of rotatable bonds is 4. The lowest BCUT2D eigenvalue weighted by Gasteiger charge is -2.12. The number of halogens is 1. The Morgan fingerprint density at radius 3 is 2.52 bits per heavy atom. The van der Waals surface area contributed by atoms with Crippen LogP contribution in [0, 0.1) is 3.57 Å². The number of hydrogen-bond donors (Lipinski definition) is 1. The summed E-state index contributed by atoms with van der Waals surface area (Å²) in [6.45, 7) is -0.315. The van der Waals surface area contributed by atoms with Crippen LogP contribution in [0.4, 0.5) is 10.5 Å². The summed E-state index contributed by atoms with van der Waals surface area (Å²) in [7, 11) is 0. The van der Waals surface area contributed by atoms with Crippen LogP contribution in [0.3, 0.4) is 0 Å². The minimum Gasteiger partial charge on any atom is -0.325 e. The lowest BCUT2D eigenvalue weighted by atomic mass is 10.2. The van der Waals surface area contributed by atoms with E-state index in [4.69, 9.17) is 0 Å². The highest BCUT2D eigenvalue weighted by Gasteiger charge is 2.36. The molecule has 1 fully saturated rings. The second-order valence-electron chi connectivity index (χ2n) is 5.10. The second-order valence-corrected chi connectivity index (χ2v) is 7.34. The van der Waals surface area contributed by atoms with Crippen molar-refractivity contribution in [1.82, 2.24) is 9.88 Å². The van der Waals surface area contributed by atoms with Gasteiger partial charge in [0.2, 0.25) is 5.91 Å². The number of carbonyl (C=O) groups is 3. The molecule has 1 aliphatic heterocycles. The summed E-state index contributed by atoms with van der Waals surface area (Å²) >= 11 is 2.99. The molecule has 8 heteroatoms. The number of hydrogen-bond acceptors (Lipinski definition) is 5. The van der Waals surface area contributed by atoms with Crippen LogP contribution >= 0.6 is 34.4 Å². The topological polar surface area (TPSA) is 79.4 Å². The number of carbonyl (C=O) groups excluding carboxylic acids is 3. The maximum absolute atomic E-state index is 12.4.